The smallest absolute Gasteiger partial charge is 0.250 e. The predicted octanol–water partition coefficient (Wildman–Crippen LogP) is 3.59. The molecule has 3 nitrogen and oxygen atoms in total. The number of hydrogen-bond acceptors (Lipinski definition) is 3. The molecule has 0 fully saturated rings. The summed E-state index contributed by atoms with van der Waals surface area (Å²) in [6.07, 6.45) is 0.704. The van der Waals surface area contributed by atoms with Crippen LogP contribution in [-0.4, -0.2) is 19.7 Å². The van der Waals surface area contributed by atoms with Gasteiger partial charge in [0.25, 0.3) is 8.32 Å². The van der Waals surface area contributed by atoms with Gasteiger partial charge in [0, 0.05) is 5.56 Å². The van der Waals surface area contributed by atoms with Crippen LogP contribution < -0.4 is 4.43 Å². The van der Waals surface area contributed by atoms with Gasteiger partial charge in [0.15, 0.2) is 5.75 Å². The molecule has 0 aliphatic carbocycles. The summed E-state index contributed by atoms with van der Waals surface area (Å²) in [5.41, 5.74) is 0.449. The van der Waals surface area contributed by atoms with E-state index in [2.05, 4.69) is 33.9 Å². The molecule has 0 bridgehead atoms. The molecule has 0 atom stereocenters. The molecule has 0 radical (unpaired) electrons. The number of carbonyl (C=O) groups is 1. The lowest BCUT2D eigenvalue weighted by atomic mass is 10.2. The molecule has 1 aromatic carbocycles. The van der Waals surface area contributed by atoms with Crippen LogP contribution in [-0.2, 0) is 0 Å². The van der Waals surface area contributed by atoms with Crippen molar-refractivity contribution >= 4 is 14.6 Å². The molecular formula is C13H20O3Si. The molecule has 4 heteroatoms. The van der Waals surface area contributed by atoms with Crippen molar-refractivity contribution in [2.45, 2.75) is 38.9 Å². The Bertz CT molecular complexity index is 419. The van der Waals surface area contributed by atoms with Gasteiger partial charge in [0.2, 0.25) is 0 Å². The van der Waals surface area contributed by atoms with E-state index in [9.17, 15) is 9.90 Å². The summed E-state index contributed by atoms with van der Waals surface area (Å²) in [6.45, 7) is 10.6. The maximum atomic E-state index is 10.6. The third-order valence-electron chi connectivity index (χ3n) is 3.29. The lowest BCUT2D eigenvalue weighted by molar-refractivity contribution is 0.112. The molecule has 0 unspecified atom stereocenters. The Hall–Kier alpha value is -1.29. The first kappa shape index (κ1) is 13.8. The van der Waals surface area contributed by atoms with Crippen molar-refractivity contribution in [3.05, 3.63) is 23.8 Å². The highest BCUT2D eigenvalue weighted by atomic mass is 28.4. The zero-order chi connectivity index (χ0) is 13.3. The normalized spacial score (nSPS) is 12.3. The van der Waals surface area contributed by atoms with E-state index in [1.165, 1.54) is 6.07 Å². The van der Waals surface area contributed by atoms with Crippen LogP contribution in [0, 0.1) is 0 Å². The third-order valence-corrected chi connectivity index (χ3v) is 7.63. The molecule has 1 rings (SSSR count). The van der Waals surface area contributed by atoms with Crippen LogP contribution in [0.4, 0.5) is 0 Å². The van der Waals surface area contributed by atoms with E-state index in [0.717, 1.165) is 0 Å². The molecule has 0 saturated carbocycles. The molecule has 0 heterocycles. The van der Waals surface area contributed by atoms with Gasteiger partial charge in [-0.15, -0.1) is 0 Å². The highest BCUT2D eigenvalue weighted by Gasteiger charge is 2.39. The molecule has 0 spiro atoms. The van der Waals surface area contributed by atoms with Gasteiger partial charge in [-0.2, -0.15) is 0 Å². The minimum absolute atomic E-state index is 0.0272. The number of rotatable bonds is 3. The van der Waals surface area contributed by atoms with Gasteiger partial charge >= 0.3 is 0 Å². The molecule has 0 aliphatic rings. The van der Waals surface area contributed by atoms with E-state index in [4.69, 9.17) is 4.43 Å². The maximum Gasteiger partial charge on any atom is 0.250 e. The SMILES string of the molecule is CC(C)(C)[Si](C)(C)Oc1ccc(C=O)cc1O. The van der Waals surface area contributed by atoms with Crippen molar-refractivity contribution in [3.63, 3.8) is 0 Å². The molecular weight excluding hydrogens is 232 g/mol. The molecule has 0 amide bonds. The van der Waals surface area contributed by atoms with Crippen LogP contribution in [0.3, 0.4) is 0 Å². The number of benzene rings is 1. The van der Waals surface area contributed by atoms with Gasteiger partial charge in [-0.25, -0.2) is 0 Å². The topological polar surface area (TPSA) is 46.5 Å². The number of hydrogen-bond donors (Lipinski definition) is 1. The zero-order valence-corrected chi connectivity index (χ0v) is 12.1. The van der Waals surface area contributed by atoms with Crippen LogP contribution >= 0.6 is 0 Å². The first-order valence-electron chi connectivity index (χ1n) is 5.64. The summed E-state index contributed by atoms with van der Waals surface area (Å²) in [7, 11) is -1.95. The lowest BCUT2D eigenvalue weighted by Crippen LogP contribution is -2.43. The van der Waals surface area contributed by atoms with Crippen molar-refractivity contribution in [2.24, 2.45) is 0 Å². The van der Waals surface area contributed by atoms with Gasteiger partial charge in [0.1, 0.15) is 12.0 Å². The van der Waals surface area contributed by atoms with Crippen molar-refractivity contribution in [1.82, 2.24) is 0 Å². The van der Waals surface area contributed by atoms with E-state index in [-0.39, 0.29) is 10.8 Å². The highest BCUT2D eigenvalue weighted by molar-refractivity contribution is 6.74. The second kappa shape index (κ2) is 4.53. The minimum atomic E-state index is -1.95. The summed E-state index contributed by atoms with van der Waals surface area (Å²) in [6, 6.07) is 4.73. The van der Waals surface area contributed by atoms with Gasteiger partial charge in [0.05, 0.1) is 0 Å². The first-order valence-corrected chi connectivity index (χ1v) is 8.55. The number of phenolic OH excluding ortho intramolecular Hbond substituents is 1. The Balaban J connectivity index is 3.00. The zero-order valence-electron chi connectivity index (χ0n) is 11.1. The number of phenols is 1. The van der Waals surface area contributed by atoms with E-state index < -0.39 is 8.32 Å². The van der Waals surface area contributed by atoms with E-state index in [1.807, 2.05) is 0 Å². The average Bonchev–Trinajstić information content (AvgIpc) is 2.19. The number of aldehydes is 1. The molecule has 0 aliphatic heterocycles. The molecule has 1 N–H and O–H groups in total. The maximum absolute atomic E-state index is 10.6. The molecule has 1 aromatic rings. The lowest BCUT2D eigenvalue weighted by Gasteiger charge is -2.36. The molecule has 94 valence electrons. The second-order valence-electron chi connectivity index (χ2n) is 5.71. The van der Waals surface area contributed by atoms with Crippen LogP contribution in [0.2, 0.25) is 18.1 Å². The van der Waals surface area contributed by atoms with Crippen molar-refractivity contribution in [3.8, 4) is 11.5 Å². The third kappa shape index (κ3) is 3.09. The quantitative estimate of drug-likeness (QED) is 0.660. The van der Waals surface area contributed by atoms with Crippen LogP contribution in [0.15, 0.2) is 18.2 Å². The fourth-order valence-electron chi connectivity index (χ4n) is 1.12. The van der Waals surface area contributed by atoms with E-state index >= 15 is 0 Å². The first-order chi connectivity index (χ1) is 7.67. The average molecular weight is 252 g/mol. The summed E-state index contributed by atoms with van der Waals surface area (Å²) in [5, 5.41) is 9.86. The van der Waals surface area contributed by atoms with Gasteiger partial charge in [-0.3, -0.25) is 4.79 Å². The summed E-state index contributed by atoms with van der Waals surface area (Å²) in [5.74, 6) is 0.488. The summed E-state index contributed by atoms with van der Waals surface area (Å²) >= 11 is 0. The van der Waals surface area contributed by atoms with Gasteiger partial charge in [-0.05, 0) is 36.3 Å². The monoisotopic (exact) mass is 252 g/mol. The number of aromatic hydroxyl groups is 1. The molecule has 0 aromatic heterocycles. The van der Waals surface area contributed by atoms with E-state index in [0.29, 0.717) is 17.6 Å². The standard InChI is InChI=1S/C13H20O3Si/c1-13(2,3)17(4,5)16-12-7-6-10(9-14)8-11(12)15/h6-9,15H,1-5H3. The second-order valence-corrected chi connectivity index (χ2v) is 10.4. The predicted molar refractivity (Wildman–Crippen MR) is 71.3 cm³/mol. The fraction of sp³-hybridized carbons (Fsp3) is 0.462. The highest BCUT2D eigenvalue weighted by Crippen LogP contribution is 2.39. The summed E-state index contributed by atoms with van der Waals surface area (Å²) < 4.78 is 5.97. The van der Waals surface area contributed by atoms with Crippen molar-refractivity contribution in [2.75, 3.05) is 0 Å². The van der Waals surface area contributed by atoms with Crippen LogP contribution in [0.25, 0.3) is 0 Å². The molecule has 0 saturated heterocycles. The Kier molecular flexibility index (Phi) is 3.67. The fourth-order valence-corrected chi connectivity index (χ4v) is 2.15. The Labute approximate surface area is 104 Å². The van der Waals surface area contributed by atoms with Crippen molar-refractivity contribution < 1.29 is 14.3 Å². The Morgan fingerprint density at radius 3 is 2.29 bits per heavy atom. The van der Waals surface area contributed by atoms with Gasteiger partial charge < -0.3 is 9.53 Å². The summed E-state index contributed by atoms with van der Waals surface area (Å²) in [4.78, 5) is 10.6. The van der Waals surface area contributed by atoms with Crippen molar-refractivity contribution in [1.29, 1.82) is 0 Å². The van der Waals surface area contributed by atoms with Gasteiger partial charge in [-0.1, -0.05) is 20.8 Å². The van der Waals surface area contributed by atoms with E-state index in [1.54, 1.807) is 12.1 Å². The Morgan fingerprint density at radius 1 is 1.29 bits per heavy atom. The molecule has 17 heavy (non-hydrogen) atoms. The minimum Gasteiger partial charge on any atom is -0.541 e. The largest absolute Gasteiger partial charge is 0.541 e. The Morgan fingerprint density at radius 2 is 1.88 bits per heavy atom. The van der Waals surface area contributed by atoms with Crippen LogP contribution in [0.1, 0.15) is 31.1 Å². The van der Waals surface area contributed by atoms with Crippen LogP contribution in [0.5, 0.6) is 11.5 Å². The number of carbonyl (C=O) groups excluding carboxylic acids is 1.